The predicted molar refractivity (Wildman–Crippen MR) is 135 cm³/mol. The lowest BCUT2D eigenvalue weighted by Gasteiger charge is -2.09. The largest absolute Gasteiger partial charge is 0.573 e. The fraction of sp³-hybridized carbons (Fsp3) is 0.346. The molecule has 4 aromatic rings. The van der Waals surface area contributed by atoms with E-state index in [1.807, 2.05) is 13.0 Å². The maximum Gasteiger partial charge on any atom is 0.573 e. The van der Waals surface area contributed by atoms with Crippen LogP contribution in [0.1, 0.15) is 56.9 Å². The minimum absolute atomic E-state index is 0.0677. The van der Waals surface area contributed by atoms with Gasteiger partial charge in [-0.1, -0.05) is 28.6 Å². The average molecular weight is 557 g/mol. The van der Waals surface area contributed by atoms with Crippen molar-refractivity contribution in [2.45, 2.75) is 58.6 Å². The lowest BCUT2D eigenvalue weighted by atomic mass is 10.1. The second-order valence-corrected chi connectivity index (χ2v) is 9.11. The minimum atomic E-state index is -4.78. The van der Waals surface area contributed by atoms with E-state index in [0.29, 0.717) is 31.6 Å². The number of carbonyl (C=O) groups excluding carboxylic acids is 2. The van der Waals surface area contributed by atoms with Crippen molar-refractivity contribution in [1.29, 1.82) is 0 Å². The molecule has 0 saturated heterocycles. The van der Waals surface area contributed by atoms with Crippen LogP contribution in [0, 0.1) is 6.92 Å². The van der Waals surface area contributed by atoms with E-state index in [1.165, 1.54) is 18.2 Å². The van der Waals surface area contributed by atoms with Gasteiger partial charge in [0, 0.05) is 38.4 Å². The molecule has 0 saturated carbocycles. The molecule has 11 nitrogen and oxygen atoms in total. The minimum Gasteiger partial charge on any atom is -0.406 e. The molecule has 0 aliphatic rings. The number of hydrogen-bond acceptors (Lipinski definition) is 8. The number of nitrogens with zero attached hydrogens (tertiary/aromatic N) is 7. The topological polar surface area (TPSA) is 130 Å². The number of alkyl halides is 3. The second kappa shape index (κ2) is 13.0. The summed E-state index contributed by atoms with van der Waals surface area (Å²) in [6, 6.07) is 7.47. The molecule has 0 spiro atoms. The van der Waals surface area contributed by atoms with Crippen LogP contribution >= 0.6 is 0 Å². The quantitative estimate of drug-likeness (QED) is 0.195. The Kier molecular flexibility index (Phi) is 9.19. The normalized spacial score (nSPS) is 11.4. The van der Waals surface area contributed by atoms with Gasteiger partial charge in [-0.05, 0) is 55.0 Å². The van der Waals surface area contributed by atoms with Crippen LogP contribution < -0.4 is 10.1 Å². The molecule has 1 amide bonds. The first kappa shape index (κ1) is 28.4. The lowest BCUT2D eigenvalue weighted by molar-refractivity contribution is -0.274. The van der Waals surface area contributed by atoms with E-state index >= 15 is 0 Å². The van der Waals surface area contributed by atoms with Crippen LogP contribution in [0.5, 0.6) is 5.75 Å². The van der Waals surface area contributed by atoms with Gasteiger partial charge in [0.15, 0.2) is 11.5 Å². The van der Waals surface area contributed by atoms with E-state index in [9.17, 15) is 22.8 Å². The van der Waals surface area contributed by atoms with Crippen LogP contribution in [-0.2, 0) is 26.1 Å². The summed E-state index contributed by atoms with van der Waals surface area (Å²) in [5, 5.41) is 18.6. The summed E-state index contributed by atoms with van der Waals surface area (Å²) in [6.45, 7) is 3.33. The maximum absolute atomic E-state index is 12.5. The van der Waals surface area contributed by atoms with E-state index in [4.69, 9.17) is 0 Å². The molecule has 3 aromatic heterocycles. The summed E-state index contributed by atoms with van der Waals surface area (Å²) < 4.78 is 44.3. The summed E-state index contributed by atoms with van der Waals surface area (Å²) in [5.74, 6) is -0.917. The highest BCUT2D eigenvalue weighted by Crippen LogP contribution is 2.24. The van der Waals surface area contributed by atoms with Crippen molar-refractivity contribution in [2.75, 3.05) is 0 Å². The summed E-state index contributed by atoms with van der Waals surface area (Å²) in [7, 11) is 0. The Morgan fingerprint density at radius 3 is 2.35 bits per heavy atom. The van der Waals surface area contributed by atoms with Gasteiger partial charge in [-0.3, -0.25) is 23.9 Å². The molecule has 1 aromatic carbocycles. The average Bonchev–Trinajstić information content (AvgIpc) is 3.58. The number of nitrogens with one attached hydrogen (secondary N) is 1. The number of halogens is 3. The zero-order chi connectivity index (χ0) is 28.5. The zero-order valence-electron chi connectivity index (χ0n) is 21.6. The van der Waals surface area contributed by atoms with Gasteiger partial charge < -0.3 is 10.1 Å². The number of aromatic nitrogens is 7. The smallest absolute Gasteiger partial charge is 0.406 e. The third-order valence-electron chi connectivity index (χ3n) is 5.78. The molecule has 0 aliphatic carbocycles. The molecular formula is C26H27F3N8O3. The number of Topliss-reactive ketones (excluding diaryl/α,β-unsaturated/α-hetero) is 1. The molecule has 4 rings (SSSR count). The summed E-state index contributed by atoms with van der Waals surface area (Å²) in [6.07, 6.45) is 3.53. The van der Waals surface area contributed by atoms with Gasteiger partial charge in [0.05, 0.1) is 12.4 Å². The number of unbranched alkanes of at least 4 members (excludes halogenated alkanes) is 1. The van der Waals surface area contributed by atoms with Gasteiger partial charge in [0.1, 0.15) is 11.4 Å². The van der Waals surface area contributed by atoms with Gasteiger partial charge in [0.25, 0.3) is 5.91 Å². The number of pyridine rings is 1. The Morgan fingerprint density at radius 2 is 1.65 bits per heavy atom. The molecule has 0 unspecified atom stereocenters. The van der Waals surface area contributed by atoms with Gasteiger partial charge in [0.2, 0.25) is 0 Å². The van der Waals surface area contributed by atoms with Gasteiger partial charge in [-0.25, -0.2) is 0 Å². The number of ether oxygens (including phenoxy) is 1. The molecule has 0 bridgehead atoms. The first-order chi connectivity index (χ1) is 19.1. The third-order valence-corrected chi connectivity index (χ3v) is 5.78. The highest BCUT2D eigenvalue weighted by Gasteiger charge is 2.31. The SMILES string of the molecule is Cc1cncc(CNC(=O)c2cn(CCCCn3cc(C(=O)CCc4cccc(OC(F)(F)F)c4)nn3)nn2)c1. The van der Waals surface area contributed by atoms with Crippen molar-refractivity contribution < 1.29 is 27.5 Å². The molecule has 14 heteroatoms. The molecule has 0 radical (unpaired) electrons. The Morgan fingerprint density at radius 1 is 0.950 bits per heavy atom. The van der Waals surface area contributed by atoms with E-state index in [-0.39, 0.29) is 41.7 Å². The first-order valence-corrected chi connectivity index (χ1v) is 12.5. The third kappa shape index (κ3) is 8.71. The fourth-order valence-electron chi connectivity index (χ4n) is 3.87. The molecule has 210 valence electrons. The molecule has 0 aliphatic heterocycles. The van der Waals surface area contributed by atoms with Crippen molar-refractivity contribution in [2.24, 2.45) is 0 Å². The Balaban J connectivity index is 1.17. The zero-order valence-corrected chi connectivity index (χ0v) is 21.6. The molecule has 3 heterocycles. The monoisotopic (exact) mass is 556 g/mol. The highest BCUT2D eigenvalue weighted by molar-refractivity contribution is 5.94. The first-order valence-electron chi connectivity index (χ1n) is 12.5. The Hall–Kier alpha value is -4.62. The number of rotatable bonds is 13. The van der Waals surface area contributed by atoms with Gasteiger partial charge in [-0.2, -0.15) is 0 Å². The highest BCUT2D eigenvalue weighted by atomic mass is 19.4. The van der Waals surface area contributed by atoms with E-state index in [1.54, 1.807) is 40.2 Å². The van der Waals surface area contributed by atoms with Crippen LogP contribution in [0.3, 0.4) is 0 Å². The number of carbonyl (C=O) groups is 2. The lowest BCUT2D eigenvalue weighted by Crippen LogP contribution is -2.23. The fourth-order valence-corrected chi connectivity index (χ4v) is 3.87. The number of aryl methyl sites for hydroxylation is 4. The number of amides is 1. The number of hydrogen-bond donors (Lipinski definition) is 1. The standard InChI is InChI=1S/C26H27F3N8O3/c1-18-11-20(14-30-13-18)15-31-25(39)23-17-37(35-33-23)10-3-2-9-36-16-22(32-34-36)24(38)8-7-19-5-4-6-21(12-19)40-26(27,28)29/h4-6,11-14,16-17H,2-3,7-10,15H2,1H3,(H,31,39). The van der Waals surface area contributed by atoms with Crippen molar-refractivity contribution in [3.05, 3.63) is 83.2 Å². The summed E-state index contributed by atoms with van der Waals surface area (Å²) in [4.78, 5) is 28.9. The van der Waals surface area contributed by atoms with Gasteiger partial charge >= 0.3 is 6.36 Å². The van der Waals surface area contributed by atoms with E-state index < -0.39 is 6.36 Å². The molecule has 1 N–H and O–H groups in total. The van der Waals surface area contributed by atoms with Crippen molar-refractivity contribution in [3.8, 4) is 5.75 Å². The van der Waals surface area contributed by atoms with Crippen LogP contribution in [0.4, 0.5) is 13.2 Å². The molecule has 0 fully saturated rings. The van der Waals surface area contributed by atoms with Crippen LogP contribution in [0.2, 0.25) is 0 Å². The second-order valence-electron chi connectivity index (χ2n) is 9.11. The van der Waals surface area contributed by atoms with Crippen molar-refractivity contribution >= 4 is 11.7 Å². The maximum atomic E-state index is 12.5. The number of ketones is 1. The predicted octanol–water partition coefficient (Wildman–Crippen LogP) is 3.70. The van der Waals surface area contributed by atoms with Crippen LogP contribution in [-0.4, -0.2) is 53.0 Å². The Labute approximate surface area is 227 Å². The summed E-state index contributed by atoms with van der Waals surface area (Å²) in [5.41, 5.74) is 2.86. The van der Waals surface area contributed by atoms with Crippen LogP contribution in [0.25, 0.3) is 0 Å². The number of benzene rings is 1. The summed E-state index contributed by atoms with van der Waals surface area (Å²) >= 11 is 0. The molecular weight excluding hydrogens is 529 g/mol. The Bertz CT molecular complexity index is 1450. The van der Waals surface area contributed by atoms with Gasteiger partial charge in [-0.15, -0.1) is 23.4 Å². The molecule has 0 atom stereocenters. The van der Waals surface area contributed by atoms with Crippen molar-refractivity contribution in [3.63, 3.8) is 0 Å². The van der Waals surface area contributed by atoms with Crippen LogP contribution in [0.15, 0.2) is 55.1 Å². The van der Waals surface area contributed by atoms with Crippen molar-refractivity contribution in [1.82, 2.24) is 40.3 Å². The van der Waals surface area contributed by atoms with E-state index in [2.05, 4.69) is 35.7 Å². The van der Waals surface area contributed by atoms with E-state index in [0.717, 1.165) is 17.5 Å². The molecule has 40 heavy (non-hydrogen) atoms.